The van der Waals surface area contributed by atoms with Gasteiger partial charge in [-0.2, -0.15) is 0 Å². The molecule has 0 saturated carbocycles. The first kappa shape index (κ1) is 80.3. The Morgan fingerprint density at radius 2 is 0.357 bits per heavy atom. The zero-order chi connectivity index (χ0) is 79.8. The molecule has 0 radical (unpaired) electrons. The van der Waals surface area contributed by atoms with Gasteiger partial charge in [0.05, 0.1) is 28.8 Å². The molecule has 14 nitrogen and oxygen atoms in total. The molecule has 15 rings (SSSR count). The Balaban J connectivity index is 0.000000139. The van der Waals surface area contributed by atoms with Crippen molar-refractivity contribution in [3.63, 3.8) is 0 Å². The third-order valence-corrected chi connectivity index (χ3v) is 21.3. The van der Waals surface area contributed by atoms with Crippen molar-refractivity contribution in [2.75, 3.05) is 0 Å². The van der Waals surface area contributed by atoms with E-state index in [0.29, 0.717) is 45.3 Å². The van der Waals surface area contributed by atoms with Crippen LogP contribution in [0, 0.1) is 0 Å². The fourth-order valence-electron chi connectivity index (χ4n) is 16.8. The molecule has 5 heterocycles. The van der Waals surface area contributed by atoms with Crippen molar-refractivity contribution in [1.29, 1.82) is 0 Å². The van der Waals surface area contributed by atoms with Gasteiger partial charge in [0, 0.05) is 40.7 Å². The minimum atomic E-state index is -1.64. The Kier molecular flexibility index (Phi) is 25.3. The normalized spacial score (nSPS) is 16.6. The first-order chi connectivity index (χ1) is 53.9. The lowest BCUT2D eigenvalue weighted by Gasteiger charge is -2.37. The molecule has 5 aliphatic heterocycles. The van der Waals surface area contributed by atoms with E-state index in [1.54, 1.807) is 27.7 Å². The molecule has 0 bridgehead atoms. The van der Waals surface area contributed by atoms with Crippen molar-refractivity contribution in [3.8, 4) is 0 Å². The number of hydrogen-bond donors (Lipinski definition) is 5. The summed E-state index contributed by atoms with van der Waals surface area (Å²) in [5.74, 6) is 3.66. The van der Waals surface area contributed by atoms with E-state index in [1.165, 1.54) is 0 Å². The highest BCUT2D eigenvalue weighted by Crippen LogP contribution is 2.21. The summed E-state index contributed by atoms with van der Waals surface area (Å²) >= 11 is 0. The molecule has 0 fully saturated rings. The maximum absolute atomic E-state index is 11.9. The summed E-state index contributed by atoms with van der Waals surface area (Å²) < 4.78 is 31.8. The van der Waals surface area contributed by atoms with E-state index < -0.39 is 32.4 Å². The summed E-state index contributed by atoms with van der Waals surface area (Å²) in [5.41, 5.74) is 17.8. The van der Waals surface area contributed by atoms with Crippen LogP contribution in [0.2, 0.25) is 0 Å². The van der Waals surface area contributed by atoms with Crippen LogP contribution in [0.4, 0.5) is 0 Å². The van der Waals surface area contributed by atoms with Gasteiger partial charge in [-0.05, 0) is 62.3 Å². The first-order valence-corrected chi connectivity index (χ1v) is 38.3. The van der Waals surface area contributed by atoms with E-state index in [9.17, 15) is 19.2 Å². The summed E-state index contributed by atoms with van der Waals surface area (Å²) in [6, 6.07) is 102. The van der Waals surface area contributed by atoms with Crippen LogP contribution < -0.4 is 79.1 Å². The van der Waals surface area contributed by atoms with Gasteiger partial charge in [0.1, 0.15) is 50.9 Å². The van der Waals surface area contributed by atoms with Crippen LogP contribution in [0.5, 0.6) is 0 Å². The number of allylic oxidation sites excluding steroid dienone is 10. The topological polar surface area (TPSA) is 184 Å². The highest BCUT2D eigenvalue weighted by atomic mass is 16.5. The monoisotopic (exact) mass is 1480 g/mol. The molecule has 0 aromatic heterocycles. The van der Waals surface area contributed by atoms with Crippen molar-refractivity contribution in [1.82, 2.24) is 0 Å². The van der Waals surface area contributed by atoms with Crippen LogP contribution in [0.1, 0.15) is 96.9 Å². The number of nitrogens with one attached hydrogen (secondary N) is 5. The average Bonchev–Trinajstić information content (AvgIpc) is 0.774. The zero-order valence-electron chi connectivity index (χ0n) is 66.5. The number of ketones is 4. The molecule has 0 atom stereocenters. The van der Waals surface area contributed by atoms with Gasteiger partial charge in [-0.1, -0.05) is 358 Å². The summed E-state index contributed by atoms with van der Waals surface area (Å²) in [7, 11) is 0. The summed E-state index contributed by atoms with van der Waals surface area (Å²) in [6.45, 7) is 17.5. The summed E-state index contributed by atoms with van der Waals surface area (Å²) in [5, 5.41) is 0. The predicted molar refractivity (Wildman–Crippen MR) is 460 cm³/mol. The van der Waals surface area contributed by atoms with E-state index in [0.717, 1.165) is 88.9 Å². The second kappa shape index (κ2) is 35.3. The molecule has 10 aromatic carbocycles. The van der Waals surface area contributed by atoms with Gasteiger partial charge in [0.25, 0.3) is 0 Å². The quantitative estimate of drug-likeness (QED) is 0.102. The molecule has 0 saturated heterocycles. The maximum Gasteiger partial charge on any atom is 0.506 e. The minimum absolute atomic E-state index is 0.0121. The Morgan fingerprint density at radius 3 is 0.482 bits per heavy atom. The zero-order valence-corrected chi connectivity index (χ0v) is 66.5. The molecule has 5 aliphatic rings. The van der Waals surface area contributed by atoms with Crippen LogP contribution in [0.15, 0.2) is 360 Å². The summed E-state index contributed by atoms with van der Waals surface area (Å²) in [6.07, 6.45) is 2.03. The highest BCUT2D eigenvalue weighted by Gasteiger charge is 2.49. The van der Waals surface area contributed by atoms with E-state index in [2.05, 4.69) is 177 Å². The number of rotatable bonds is 14. The minimum Gasteiger partial charge on any atom is -0.655 e. The Morgan fingerprint density at radius 1 is 0.214 bits per heavy atom. The van der Waals surface area contributed by atoms with Crippen LogP contribution in [0.25, 0.3) is 0 Å². The van der Waals surface area contributed by atoms with Crippen LogP contribution >= 0.6 is 0 Å². The van der Waals surface area contributed by atoms with Gasteiger partial charge in [0.2, 0.25) is 0 Å². The lowest BCUT2D eigenvalue weighted by molar-refractivity contribution is -0.324. The fourth-order valence-corrected chi connectivity index (χ4v) is 16.8. The molecule has 0 aliphatic carbocycles. The Labute approximate surface area is 659 Å². The Bertz CT molecular complexity index is 4660. The Hall–Kier alpha value is -12.7. The van der Waals surface area contributed by atoms with E-state index in [-0.39, 0.29) is 23.1 Å². The van der Waals surface area contributed by atoms with Gasteiger partial charge >= 0.3 is 32.4 Å². The maximum atomic E-state index is 11.9. The highest BCUT2D eigenvalue weighted by molar-refractivity contribution is 6.93. The molecule has 5 N–H and O–H groups in total. The SMILES string of the molecule is CC(=O)C1=C(C)O[B-](c2ccccc2)(c2ccccc2)[NH+]=C1C.CC(=O)C1=C(C)O[B-](c2ccccc2)(c2ccccc2)[NH+]=C1C.CC(=O)C1=C(C)O[B-](c2ccccc2)(c2ccccc2)[NH+]=C1C.CC(=O)C1=C(C)O[B-](c2ccccc2)(c2ccccc2)[NH+]=C1C.CC1=CC(C)=[NH+][B-](c2ccccc2)(c2ccccc2)O1. The molecule has 10 aromatic rings. The third kappa shape index (κ3) is 17.1. The molecular formula is C93H98B5N5O9. The first-order valence-electron chi connectivity index (χ1n) is 38.3. The van der Waals surface area contributed by atoms with Crippen LogP contribution in [-0.2, 0) is 42.4 Å². The molecule has 19 heteroatoms. The van der Waals surface area contributed by atoms with E-state index in [1.807, 2.05) is 226 Å². The van der Waals surface area contributed by atoms with Crippen LogP contribution in [0.3, 0.4) is 0 Å². The van der Waals surface area contributed by atoms with Gasteiger partial charge in [-0.3, -0.25) is 19.2 Å². The van der Waals surface area contributed by atoms with Crippen LogP contribution in [-0.4, -0.2) is 84.1 Å². The number of benzene rings is 10. The third-order valence-electron chi connectivity index (χ3n) is 21.3. The number of carbonyl (C=O) groups excluding carboxylic acids is 4. The molecule has 0 spiro atoms. The van der Waals surface area contributed by atoms with Crippen molar-refractivity contribution >= 4 is 139 Å². The molecular weight excluding hydrogens is 1390 g/mol. The van der Waals surface area contributed by atoms with Gasteiger partial charge < -0.3 is 47.8 Å². The lowest BCUT2D eigenvalue weighted by atomic mass is 9.42. The van der Waals surface area contributed by atoms with Gasteiger partial charge in [-0.25, -0.2) is 0 Å². The van der Waals surface area contributed by atoms with E-state index in [4.69, 9.17) is 23.3 Å². The second-order valence-electron chi connectivity index (χ2n) is 29.2. The fraction of sp³-hybridized carbons (Fsp3) is 0.151. The molecule has 0 amide bonds. The number of carbonyl (C=O) groups is 4. The summed E-state index contributed by atoms with van der Waals surface area (Å²) in [4.78, 5) is 65.2. The predicted octanol–water partition coefficient (Wildman–Crippen LogP) is 3.43. The van der Waals surface area contributed by atoms with Crippen molar-refractivity contribution in [2.24, 2.45) is 0 Å². The number of hydrogen-bond acceptors (Lipinski definition) is 9. The number of Topliss-reactive ketones (excluding diaryl/α,β-unsaturated/α-hetero) is 4. The molecule has 112 heavy (non-hydrogen) atoms. The van der Waals surface area contributed by atoms with Crippen molar-refractivity contribution in [2.45, 2.75) is 96.9 Å². The largest absolute Gasteiger partial charge is 0.655 e. The van der Waals surface area contributed by atoms with E-state index >= 15 is 0 Å². The average molecular weight is 1480 g/mol. The smallest absolute Gasteiger partial charge is 0.506 e. The lowest BCUT2D eigenvalue weighted by Crippen LogP contribution is -3.01. The van der Waals surface area contributed by atoms with Gasteiger partial charge in [-0.15, -0.1) is 0 Å². The molecule has 564 valence electrons. The van der Waals surface area contributed by atoms with Crippen molar-refractivity contribution in [3.05, 3.63) is 360 Å². The second-order valence-corrected chi connectivity index (χ2v) is 29.2. The molecule has 0 unspecified atom stereocenters. The van der Waals surface area contributed by atoms with Gasteiger partial charge in [0.15, 0.2) is 23.1 Å². The van der Waals surface area contributed by atoms with Crippen molar-refractivity contribution < 1.29 is 67.0 Å². The standard InChI is InChI=1S/4C19H20BNO2.C17H18BNO/c4*1-14-19(15(2)22)16(3)23-20(21-14,17-10-6-4-7-11-17)18-12-8-5-9-13-18;1-14-13-15(2)20-18(19-14,16-9-5-3-6-10-16)17-11-7-4-8-12-17/h4*4-13,21H,1-3H3;3-13,19H,1-2H3.